The number of carbonyl (C=O) groups is 1. The van der Waals surface area contributed by atoms with Crippen LogP contribution >= 0.6 is 0 Å². The Morgan fingerprint density at radius 2 is 2.08 bits per heavy atom. The van der Waals surface area contributed by atoms with Crippen molar-refractivity contribution in [3.8, 4) is 5.75 Å². The van der Waals surface area contributed by atoms with E-state index in [1.165, 1.54) is 24.3 Å². The van der Waals surface area contributed by atoms with Gasteiger partial charge in [-0.05, 0) is 17.7 Å². The molecule has 0 spiro atoms. The molecule has 3 rings (SSSR count). The van der Waals surface area contributed by atoms with Gasteiger partial charge in [0, 0.05) is 32.7 Å². The van der Waals surface area contributed by atoms with Gasteiger partial charge in [-0.1, -0.05) is 12.1 Å². The number of benzene rings is 1. The molecule has 1 aromatic rings. The number of hydrogen-bond acceptors (Lipinski definition) is 5. The quantitative estimate of drug-likeness (QED) is 0.892. The predicted octanol–water partition coefficient (Wildman–Crippen LogP) is 2.14. The Bertz CT molecular complexity index is 623. The first kappa shape index (κ1) is 17.8. The molecular weight excluding hydrogens is 341 g/mol. The summed E-state index contributed by atoms with van der Waals surface area (Å²) in [7, 11) is 1.64. The minimum atomic E-state index is -4.73. The predicted molar refractivity (Wildman–Crippen MR) is 81.0 cm³/mol. The van der Waals surface area contributed by atoms with Crippen molar-refractivity contribution < 1.29 is 32.2 Å². The summed E-state index contributed by atoms with van der Waals surface area (Å²) in [6.07, 6.45) is -5.19. The standard InChI is InChI=1S/C16H19F3N2O4/c1-23-15-9-20-6-12(15)7-21(10-15)14(22)24-8-11-2-4-13(5-3-11)25-16(17,18)19/h2-5,12,20H,6-10H2,1H3. The van der Waals surface area contributed by atoms with E-state index in [0.29, 0.717) is 25.2 Å². The number of nitrogens with zero attached hydrogens (tertiary/aromatic N) is 1. The highest BCUT2D eigenvalue weighted by Gasteiger charge is 2.51. The van der Waals surface area contributed by atoms with Gasteiger partial charge in [-0.3, -0.25) is 0 Å². The molecule has 0 bridgehead atoms. The number of likely N-dealkylation sites (tertiary alicyclic amines) is 1. The Kier molecular flexibility index (Phi) is 4.79. The maximum Gasteiger partial charge on any atom is 0.573 e. The van der Waals surface area contributed by atoms with Gasteiger partial charge in [-0.2, -0.15) is 0 Å². The van der Waals surface area contributed by atoms with E-state index in [4.69, 9.17) is 9.47 Å². The smallest absolute Gasteiger partial charge is 0.445 e. The Labute approximate surface area is 142 Å². The third-order valence-electron chi connectivity index (χ3n) is 4.64. The van der Waals surface area contributed by atoms with Crippen molar-refractivity contribution >= 4 is 6.09 Å². The third-order valence-corrected chi connectivity index (χ3v) is 4.64. The van der Waals surface area contributed by atoms with Gasteiger partial charge in [0.05, 0.1) is 6.54 Å². The third kappa shape index (κ3) is 3.98. The molecular formula is C16H19F3N2O4. The lowest BCUT2D eigenvalue weighted by Gasteiger charge is -2.25. The largest absolute Gasteiger partial charge is 0.573 e. The van der Waals surface area contributed by atoms with Crippen molar-refractivity contribution in [2.45, 2.75) is 18.6 Å². The summed E-state index contributed by atoms with van der Waals surface area (Å²) in [6.45, 7) is 2.47. The number of alkyl halides is 3. The Morgan fingerprint density at radius 1 is 1.36 bits per heavy atom. The van der Waals surface area contributed by atoms with E-state index in [1.807, 2.05) is 0 Å². The molecule has 1 amide bonds. The van der Waals surface area contributed by atoms with Crippen LogP contribution in [0.4, 0.5) is 18.0 Å². The van der Waals surface area contributed by atoms with Gasteiger partial charge in [0.15, 0.2) is 0 Å². The summed E-state index contributed by atoms with van der Waals surface area (Å²) in [5.41, 5.74) is 0.209. The van der Waals surface area contributed by atoms with E-state index in [9.17, 15) is 18.0 Å². The normalized spacial score (nSPS) is 25.8. The minimum absolute atomic E-state index is 0.0233. The molecule has 9 heteroatoms. The first-order chi connectivity index (χ1) is 11.8. The molecule has 138 valence electrons. The van der Waals surface area contributed by atoms with Gasteiger partial charge in [0.1, 0.15) is 18.0 Å². The number of nitrogens with one attached hydrogen (secondary N) is 1. The van der Waals surface area contributed by atoms with Crippen LogP contribution in [0.5, 0.6) is 5.75 Å². The second kappa shape index (κ2) is 6.72. The number of rotatable bonds is 4. The summed E-state index contributed by atoms with van der Waals surface area (Å²) < 4.78 is 51.0. The van der Waals surface area contributed by atoms with E-state index in [1.54, 1.807) is 12.0 Å². The summed E-state index contributed by atoms with van der Waals surface area (Å²) in [5, 5.41) is 3.26. The van der Waals surface area contributed by atoms with Crippen LogP contribution in [-0.4, -0.2) is 56.2 Å². The molecule has 0 aliphatic carbocycles. The zero-order valence-electron chi connectivity index (χ0n) is 13.6. The molecule has 2 heterocycles. The fraction of sp³-hybridized carbons (Fsp3) is 0.562. The van der Waals surface area contributed by atoms with Gasteiger partial charge in [-0.25, -0.2) is 4.79 Å². The number of methoxy groups -OCH3 is 1. The van der Waals surface area contributed by atoms with E-state index in [-0.39, 0.29) is 23.9 Å². The number of carbonyl (C=O) groups excluding carboxylic acids is 1. The fourth-order valence-electron chi connectivity index (χ4n) is 3.32. The molecule has 2 fully saturated rings. The molecule has 1 aromatic carbocycles. The van der Waals surface area contributed by atoms with E-state index in [0.717, 1.165) is 6.54 Å². The number of halogens is 3. The molecule has 2 atom stereocenters. The SMILES string of the molecule is COC12CNCC1CN(C(=O)OCc1ccc(OC(F)(F)F)cc1)C2. The van der Waals surface area contributed by atoms with Crippen LogP contribution in [0.2, 0.25) is 0 Å². The maximum atomic E-state index is 12.2. The number of ether oxygens (including phenoxy) is 3. The van der Waals surface area contributed by atoms with E-state index >= 15 is 0 Å². The second-order valence-electron chi connectivity index (χ2n) is 6.22. The van der Waals surface area contributed by atoms with Gasteiger partial charge in [0.2, 0.25) is 0 Å². The van der Waals surface area contributed by atoms with Gasteiger partial charge < -0.3 is 24.4 Å². The lowest BCUT2D eigenvalue weighted by atomic mass is 9.95. The lowest BCUT2D eigenvalue weighted by molar-refractivity contribution is -0.274. The van der Waals surface area contributed by atoms with Gasteiger partial charge >= 0.3 is 12.5 Å². The van der Waals surface area contributed by atoms with Crippen molar-refractivity contribution in [2.75, 3.05) is 33.3 Å². The second-order valence-corrected chi connectivity index (χ2v) is 6.22. The molecule has 0 radical (unpaired) electrons. The highest BCUT2D eigenvalue weighted by atomic mass is 19.4. The van der Waals surface area contributed by atoms with Crippen molar-refractivity contribution in [1.82, 2.24) is 10.2 Å². The number of amides is 1. The van der Waals surface area contributed by atoms with Crippen molar-refractivity contribution in [2.24, 2.45) is 5.92 Å². The zero-order chi connectivity index (χ0) is 18.1. The molecule has 2 unspecified atom stereocenters. The van der Waals surface area contributed by atoms with Crippen LogP contribution in [0.3, 0.4) is 0 Å². The topological polar surface area (TPSA) is 60.0 Å². The summed E-state index contributed by atoms with van der Waals surface area (Å²) in [4.78, 5) is 13.8. The van der Waals surface area contributed by atoms with Crippen LogP contribution in [0.15, 0.2) is 24.3 Å². The maximum absolute atomic E-state index is 12.2. The highest BCUT2D eigenvalue weighted by Crippen LogP contribution is 2.34. The monoisotopic (exact) mass is 360 g/mol. The van der Waals surface area contributed by atoms with Gasteiger partial charge in [0.25, 0.3) is 0 Å². The summed E-state index contributed by atoms with van der Waals surface area (Å²) in [6, 6.07) is 5.21. The van der Waals surface area contributed by atoms with Crippen LogP contribution in [0.25, 0.3) is 0 Å². The average molecular weight is 360 g/mol. The van der Waals surface area contributed by atoms with Crippen molar-refractivity contribution in [3.63, 3.8) is 0 Å². The molecule has 2 aliphatic heterocycles. The van der Waals surface area contributed by atoms with E-state index < -0.39 is 12.5 Å². The average Bonchev–Trinajstić information content (AvgIpc) is 3.10. The Hall–Kier alpha value is -2.00. The first-order valence-corrected chi connectivity index (χ1v) is 7.83. The number of fused-ring (bicyclic) bond motifs is 1. The molecule has 0 aromatic heterocycles. The Balaban J connectivity index is 1.51. The molecule has 2 aliphatic rings. The molecule has 6 nitrogen and oxygen atoms in total. The van der Waals surface area contributed by atoms with Crippen molar-refractivity contribution in [3.05, 3.63) is 29.8 Å². The summed E-state index contributed by atoms with van der Waals surface area (Å²) in [5.74, 6) is -0.0895. The Morgan fingerprint density at radius 3 is 2.68 bits per heavy atom. The van der Waals surface area contributed by atoms with Crippen LogP contribution < -0.4 is 10.1 Å². The molecule has 0 saturated carbocycles. The zero-order valence-corrected chi connectivity index (χ0v) is 13.6. The summed E-state index contributed by atoms with van der Waals surface area (Å²) >= 11 is 0. The number of hydrogen-bond donors (Lipinski definition) is 1. The molecule has 1 N–H and O–H groups in total. The lowest BCUT2D eigenvalue weighted by Crippen LogP contribution is -2.42. The molecule has 2 saturated heterocycles. The van der Waals surface area contributed by atoms with Gasteiger partial charge in [-0.15, -0.1) is 13.2 Å². The van der Waals surface area contributed by atoms with Crippen molar-refractivity contribution in [1.29, 1.82) is 0 Å². The molecule has 25 heavy (non-hydrogen) atoms. The van der Waals surface area contributed by atoms with E-state index in [2.05, 4.69) is 10.1 Å². The minimum Gasteiger partial charge on any atom is -0.445 e. The highest BCUT2D eigenvalue weighted by molar-refractivity contribution is 5.68. The fourth-order valence-corrected chi connectivity index (χ4v) is 3.32. The first-order valence-electron chi connectivity index (χ1n) is 7.83. The van der Waals surface area contributed by atoms with Crippen LogP contribution in [-0.2, 0) is 16.1 Å². The van der Waals surface area contributed by atoms with Crippen LogP contribution in [0.1, 0.15) is 5.56 Å². The van der Waals surface area contributed by atoms with Crippen LogP contribution in [0, 0.1) is 5.92 Å².